The van der Waals surface area contributed by atoms with E-state index < -0.39 is 29.3 Å². The van der Waals surface area contributed by atoms with Gasteiger partial charge in [-0.3, -0.25) is 4.79 Å². The average molecular weight is 577 g/mol. The Kier molecular flexibility index (Phi) is 8.09. The summed E-state index contributed by atoms with van der Waals surface area (Å²) in [6.07, 6.45) is 0.223. The van der Waals surface area contributed by atoms with Gasteiger partial charge in [-0.1, -0.05) is 43.8 Å². The number of ether oxygens (including phenoxy) is 2. The van der Waals surface area contributed by atoms with Crippen molar-refractivity contribution in [1.82, 2.24) is 5.01 Å². The Bertz CT molecular complexity index is 1480. The zero-order valence-corrected chi connectivity index (χ0v) is 25.5. The van der Waals surface area contributed by atoms with Crippen LogP contribution in [0.5, 0.6) is 0 Å². The zero-order valence-electron chi connectivity index (χ0n) is 24.6. The van der Waals surface area contributed by atoms with E-state index in [0.717, 1.165) is 20.4 Å². The molecule has 2 aromatic carbocycles. The van der Waals surface area contributed by atoms with Gasteiger partial charge in [0.1, 0.15) is 11.2 Å². The van der Waals surface area contributed by atoms with Crippen LogP contribution in [0.25, 0.3) is 4.91 Å². The number of hydrogen-bond acceptors (Lipinski definition) is 8. The summed E-state index contributed by atoms with van der Waals surface area (Å²) in [4.78, 5) is 43.8. The second-order valence-electron chi connectivity index (χ2n) is 12.0. The lowest BCUT2D eigenvalue weighted by molar-refractivity contribution is -0.125. The van der Waals surface area contributed by atoms with Gasteiger partial charge in [0.2, 0.25) is 0 Å². The third-order valence-electron chi connectivity index (χ3n) is 5.84. The molecule has 2 aliphatic rings. The van der Waals surface area contributed by atoms with Crippen molar-refractivity contribution in [3.05, 3.63) is 71.4 Å². The van der Waals surface area contributed by atoms with Crippen molar-refractivity contribution >= 4 is 51.8 Å². The zero-order chi connectivity index (χ0) is 30.3. The van der Waals surface area contributed by atoms with Gasteiger partial charge in [0, 0.05) is 21.1 Å². The molecule has 2 N–H and O–H groups in total. The number of para-hydroxylation sites is 1. The molecule has 0 unspecified atom stereocenters. The number of rotatable bonds is 3. The normalized spacial score (nSPS) is 17.3. The van der Waals surface area contributed by atoms with E-state index in [0.29, 0.717) is 17.1 Å². The Morgan fingerprint density at radius 1 is 0.902 bits per heavy atom. The van der Waals surface area contributed by atoms with E-state index in [2.05, 4.69) is 5.10 Å². The van der Waals surface area contributed by atoms with Crippen LogP contribution in [0.3, 0.4) is 0 Å². The molecule has 9 nitrogen and oxygen atoms in total. The smallest absolute Gasteiger partial charge is 0.438 e. The minimum absolute atomic E-state index is 0.127. The summed E-state index contributed by atoms with van der Waals surface area (Å²) in [7, 11) is 0. The molecule has 0 aliphatic carbocycles. The Labute approximate surface area is 245 Å². The van der Waals surface area contributed by atoms with Crippen molar-refractivity contribution in [2.24, 2.45) is 11.0 Å². The van der Waals surface area contributed by atoms with Gasteiger partial charge in [0.15, 0.2) is 0 Å². The van der Waals surface area contributed by atoms with E-state index >= 15 is 0 Å². The first-order chi connectivity index (χ1) is 19.1. The third kappa shape index (κ3) is 6.65. The largest absolute Gasteiger partial charge is 0.443 e. The Morgan fingerprint density at radius 2 is 1.49 bits per heavy atom. The lowest BCUT2D eigenvalue weighted by Crippen LogP contribution is -2.40. The number of benzene rings is 2. The summed E-state index contributed by atoms with van der Waals surface area (Å²) in [5.74, 6) is -0.938. The number of carbonyl (C=O) groups is 3. The van der Waals surface area contributed by atoms with Gasteiger partial charge >= 0.3 is 12.2 Å². The fourth-order valence-electron chi connectivity index (χ4n) is 4.20. The van der Waals surface area contributed by atoms with E-state index in [1.807, 2.05) is 56.3 Å². The topological polar surface area (TPSA) is 115 Å². The summed E-state index contributed by atoms with van der Waals surface area (Å²) in [6.45, 7) is 14.2. The van der Waals surface area contributed by atoms with Crippen molar-refractivity contribution in [3.8, 4) is 0 Å². The van der Waals surface area contributed by atoms with E-state index in [1.165, 1.54) is 16.7 Å². The maximum absolute atomic E-state index is 13.9. The number of nitrogens with zero attached hydrogens (tertiary/aromatic N) is 3. The van der Waals surface area contributed by atoms with Gasteiger partial charge < -0.3 is 15.2 Å². The van der Waals surface area contributed by atoms with Crippen molar-refractivity contribution < 1.29 is 23.9 Å². The number of fused-ring (bicyclic) bond motifs is 1. The van der Waals surface area contributed by atoms with Crippen molar-refractivity contribution in [2.75, 3.05) is 10.6 Å². The lowest BCUT2D eigenvalue weighted by atomic mass is 9.95. The number of amides is 3. The number of carbonyl (C=O) groups excluding carboxylic acids is 3. The highest BCUT2D eigenvalue weighted by atomic mass is 32.2. The fraction of sp³-hybridized carbons (Fsp3) is 0.355. The van der Waals surface area contributed by atoms with Crippen molar-refractivity contribution in [2.45, 2.75) is 71.5 Å². The van der Waals surface area contributed by atoms with Crippen LogP contribution in [0.2, 0.25) is 0 Å². The molecule has 0 bridgehead atoms. The Balaban J connectivity index is 1.95. The molecule has 0 spiro atoms. The number of imide groups is 1. The van der Waals surface area contributed by atoms with E-state index in [1.54, 1.807) is 53.7 Å². The van der Waals surface area contributed by atoms with Gasteiger partial charge in [-0.25, -0.2) is 14.5 Å². The molecule has 216 valence electrons. The number of hydrazone groups is 1. The monoisotopic (exact) mass is 576 g/mol. The van der Waals surface area contributed by atoms with E-state index in [9.17, 15) is 14.4 Å². The summed E-state index contributed by atoms with van der Waals surface area (Å²) in [5.41, 5.74) is 6.96. The summed E-state index contributed by atoms with van der Waals surface area (Å²) < 4.78 is 11.3. The average Bonchev–Trinajstić information content (AvgIpc) is 3.20. The summed E-state index contributed by atoms with van der Waals surface area (Å²) >= 11 is 1.47. The van der Waals surface area contributed by atoms with Gasteiger partial charge in [0.25, 0.3) is 5.91 Å². The quantitative estimate of drug-likeness (QED) is 0.303. The number of nitrogen functional groups attached to an aromatic ring is 1. The van der Waals surface area contributed by atoms with Crippen LogP contribution in [0.15, 0.2) is 75.9 Å². The maximum Gasteiger partial charge on any atom is 0.438 e. The molecular formula is C31H36N4O5S. The van der Waals surface area contributed by atoms with E-state index in [-0.39, 0.29) is 17.2 Å². The van der Waals surface area contributed by atoms with Crippen LogP contribution >= 0.6 is 11.8 Å². The molecule has 0 saturated carbocycles. The molecule has 0 saturated heterocycles. The first-order valence-electron chi connectivity index (χ1n) is 13.3. The standard InChI is InChI=1S/C31H36N4O5S/c1-18(2)26-25(27(36)35(33-26)29(38)40-31(6,7)8)23-17-24(41-20-15-13-19(32)14-16-20)21-11-9-10-12-22(21)34(23)28(37)39-30(3,4)5/h9-18H,32H2,1-8H3/b25-23-. The SMILES string of the molecule is CC(C)C1=NN(C(=O)OC(C)(C)C)C(=O)/C1=C1/C=C(Sc2ccc(N)cc2)c2ccccc2N1C(=O)OC(C)(C)C. The van der Waals surface area contributed by atoms with Crippen LogP contribution in [0, 0.1) is 5.92 Å². The fourth-order valence-corrected chi connectivity index (χ4v) is 5.18. The van der Waals surface area contributed by atoms with Crippen LogP contribution in [-0.2, 0) is 14.3 Å². The number of hydrogen-bond donors (Lipinski definition) is 1. The minimum atomic E-state index is -0.892. The van der Waals surface area contributed by atoms with Gasteiger partial charge in [-0.2, -0.15) is 5.10 Å². The molecule has 0 fully saturated rings. The molecule has 2 aliphatic heterocycles. The maximum atomic E-state index is 13.9. The highest BCUT2D eigenvalue weighted by molar-refractivity contribution is 8.08. The van der Waals surface area contributed by atoms with Crippen LogP contribution in [-0.4, -0.2) is 40.0 Å². The number of allylic oxidation sites excluding steroid dienone is 1. The van der Waals surface area contributed by atoms with Crippen molar-refractivity contribution in [3.63, 3.8) is 0 Å². The number of thioether (sulfide) groups is 1. The van der Waals surface area contributed by atoms with Crippen LogP contribution in [0.4, 0.5) is 21.0 Å². The van der Waals surface area contributed by atoms with Crippen molar-refractivity contribution in [1.29, 1.82) is 0 Å². The van der Waals surface area contributed by atoms with Crippen LogP contribution < -0.4 is 10.6 Å². The molecule has 4 rings (SSSR count). The Morgan fingerprint density at radius 3 is 2.07 bits per heavy atom. The second kappa shape index (κ2) is 11.1. The van der Waals surface area contributed by atoms with Gasteiger partial charge in [-0.15, -0.1) is 5.01 Å². The molecule has 41 heavy (non-hydrogen) atoms. The first-order valence-corrected chi connectivity index (χ1v) is 14.2. The lowest BCUT2D eigenvalue weighted by Gasteiger charge is -2.33. The van der Waals surface area contributed by atoms with Crippen LogP contribution in [0.1, 0.15) is 61.0 Å². The summed E-state index contributed by atoms with van der Waals surface area (Å²) in [6, 6.07) is 14.8. The second-order valence-corrected chi connectivity index (χ2v) is 13.1. The molecule has 0 aromatic heterocycles. The molecule has 0 atom stereocenters. The van der Waals surface area contributed by atoms with Gasteiger partial charge in [-0.05, 0) is 83.9 Å². The highest BCUT2D eigenvalue weighted by Crippen LogP contribution is 2.46. The van der Waals surface area contributed by atoms with E-state index in [4.69, 9.17) is 15.2 Å². The molecular weight excluding hydrogens is 540 g/mol. The molecule has 10 heteroatoms. The third-order valence-corrected chi connectivity index (χ3v) is 6.91. The number of anilines is 2. The minimum Gasteiger partial charge on any atom is -0.443 e. The molecule has 3 amide bonds. The molecule has 2 aromatic rings. The number of nitrogens with two attached hydrogens (primary N) is 1. The van der Waals surface area contributed by atoms with Gasteiger partial charge in [0.05, 0.1) is 22.7 Å². The molecule has 2 heterocycles. The summed E-state index contributed by atoms with van der Waals surface area (Å²) in [5, 5.41) is 5.13. The predicted octanol–water partition coefficient (Wildman–Crippen LogP) is 7.20. The molecule has 0 radical (unpaired) electrons. The Hall–Kier alpha value is -4.05. The first kappa shape index (κ1) is 29.9. The highest BCUT2D eigenvalue weighted by Gasteiger charge is 2.43. The predicted molar refractivity (Wildman–Crippen MR) is 162 cm³/mol.